The summed E-state index contributed by atoms with van der Waals surface area (Å²) in [7, 11) is 0. The lowest BCUT2D eigenvalue weighted by atomic mass is 9.67. The summed E-state index contributed by atoms with van der Waals surface area (Å²) in [5, 5.41) is 19.7. The average Bonchev–Trinajstić information content (AvgIpc) is 2.29. The van der Waals surface area contributed by atoms with Crippen molar-refractivity contribution in [2.45, 2.75) is 45.1 Å². The first-order chi connectivity index (χ1) is 7.98. The van der Waals surface area contributed by atoms with Gasteiger partial charge < -0.3 is 5.11 Å². The van der Waals surface area contributed by atoms with Crippen LogP contribution in [-0.2, 0) is 6.42 Å². The van der Waals surface area contributed by atoms with Gasteiger partial charge in [-0.1, -0.05) is 37.6 Å². The van der Waals surface area contributed by atoms with Crippen LogP contribution in [0.4, 0.5) is 0 Å². The third-order valence-electron chi connectivity index (χ3n) is 3.78. The maximum absolute atomic E-state index is 10.5. The summed E-state index contributed by atoms with van der Waals surface area (Å²) in [6.07, 6.45) is 1.34. The molecule has 0 bridgehead atoms. The number of hydrogen-bond acceptors (Lipinski definition) is 2. The molecule has 0 aliphatic heterocycles. The highest BCUT2D eigenvalue weighted by Crippen LogP contribution is 2.43. The van der Waals surface area contributed by atoms with E-state index in [2.05, 4.69) is 45.0 Å². The van der Waals surface area contributed by atoms with Crippen molar-refractivity contribution in [1.29, 1.82) is 5.26 Å². The summed E-state index contributed by atoms with van der Waals surface area (Å²) >= 11 is 0. The molecular formula is C15H19NO. The molecule has 1 aromatic carbocycles. The Bertz CT molecular complexity index is 472. The van der Waals surface area contributed by atoms with E-state index in [1.165, 1.54) is 11.1 Å². The van der Waals surface area contributed by atoms with Gasteiger partial charge in [-0.2, -0.15) is 5.26 Å². The Balaban J connectivity index is 2.55. The number of fused-ring (bicyclic) bond motifs is 1. The minimum Gasteiger partial charge on any atom is -0.375 e. The molecule has 0 heterocycles. The highest BCUT2D eigenvalue weighted by atomic mass is 16.3. The van der Waals surface area contributed by atoms with E-state index >= 15 is 0 Å². The van der Waals surface area contributed by atoms with Crippen LogP contribution in [0, 0.1) is 24.2 Å². The van der Waals surface area contributed by atoms with Crippen molar-refractivity contribution in [2.24, 2.45) is 5.92 Å². The van der Waals surface area contributed by atoms with Crippen molar-refractivity contribution in [1.82, 2.24) is 0 Å². The summed E-state index contributed by atoms with van der Waals surface area (Å²) < 4.78 is 0. The summed E-state index contributed by atoms with van der Waals surface area (Å²) in [4.78, 5) is 0. The number of nitriles is 1. The zero-order valence-corrected chi connectivity index (χ0v) is 10.7. The molecule has 1 aromatic rings. The second-order valence-corrected chi connectivity index (χ2v) is 5.46. The fourth-order valence-corrected chi connectivity index (χ4v) is 3.03. The monoisotopic (exact) mass is 229 g/mol. The van der Waals surface area contributed by atoms with Crippen LogP contribution in [-0.4, -0.2) is 10.7 Å². The first-order valence-corrected chi connectivity index (χ1v) is 6.21. The van der Waals surface area contributed by atoms with E-state index in [0.29, 0.717) is 6.42 Å². The molecule has 1 aliphatic carbocycles. The minimum absolute atomic E-state index is 0.0724. The Morgan fingerprint density at radius 1 is 1.47 bits per heavy atom. The van der Waals surface area contributed by atoms with E-state index in [4.69, 9.17) is 0 Å². The normalized spacial score (nSPS) is 27.6. The Kier molecular flexibility index (Phi) is 2.97. The molecule has 2 atom stereocenters. The van der Waals surface area contributed by atoms with E-state index in [1.807, 2.05) is 0 Å². The Labute approximate surface area is 103 Å². The fraction of sp³-hybridized carbons (Fsp3) is 0.533. The van der Waals surface area contributed by atoms with E-state index in [0.717, 1.165) is 12.0 Å². The van der Waals surface area contributed by atoms with E-state index < -0.39 is 5.60 Å². The first kappa shape index (κ1) is 12.1. The van der Waals surface area contributed by atoms with Crippen LogP contribution < -0.4 is 0 Å². The Hall–Kier alpha value is -1.33. The van der Waals surface area contributed by atoms with Crippen molar-refractivity contribution < 1.29 is 5.11 Å². The van der Waals surface area contributed by atoms with Crippen LogP contribution in [0.5, 0.6) is 0 Å². The van der Waals surface area contributed by atoms with Gasteiger partial charge in [-0.25, -0.2) is 0 Å². The van der Waals surface area contributed by atoms with Crippen LogP contribution in [0.25, 0.3) is 0 Å². The lowest BCUT2D eigenvalue weighted by molar-refractivity contribution is 0.0359. The van der Waals surface area contributed by atoms with Crippen LogP contribution >= 0.6 is 0 Å². The van der Waals surface area contributed by atoms with Gasteiger partial charge in [0.2, 0.25) is 0 Å². The van der Waals surface area contributed by atoms with Crippen molar-refractivity contribution >= 4 is 0 Å². The van der Waals surface area contributed by atoms with Gasteiger partial charge in [-0.05, 0) is 36.8 Å². The highest BCUT2D eigenvalue weighted by molar-refractivity contribution is 5.41. The van der Waals surface area contributed by atoms with Gasteiger partial charge in [-0.15, -0.1) is 0 Å². The number of hydrogen-bond donors (Lipinski definition) is 1. The van der Waals surface area contributed by atoms with Gasteiger partial charge in [0.25, 0.3) is 0 Å². The second-order valence-electron chi connectivity index (χ2n) is 5.46. The van der Waals surface area contributed by atoms with E-state index in [-0.39, 0.29) is 11.8 Å². The molecule has 1 N–H and O–H groups in total. The lowest BCUT2D eigenvalue weighted by Crippen LogP contribution is -2.41. The first-order valence-electron chi connectivity index (χ1n) is 6.21. The summed E-state index contributed by atoms with van der Waals surface area (Å²) in [6.45, 7) is 6.22. The van der Waals surface area contributed by atoms with Gasteiger partial charge in [0.05, 0.1) is 6.07 Å². The zero-order valence-electron chi connectivity index (χ0n) is 10.7. The summed E-state index contributed by atoms with van der Waals surface area (Å²) in [6, 6.07) is 8.45. The van der Waals surface area contributed by atoms with Crippen LogP contribution in [0.2, 0.25) is 0 Å². The predicted octanol–water partition coefficient (Wildman–Crippen LogP) is 2.94. The van der Waals surface area contributed by atoms with Crippen molar-refractivity contribution in [3.8, 4) is 6.07 Å². The summed E-state index contributed by atoms with van der Waals surface area (Å²) in [5.41, 5.74) is 2.49. The van der Waals surface area contributed by atoms with Crippen LogP contribution in [0.3, 0.4) is 0 Å². The molecule has 0 saturated heterocycles. The molecule has 0 saturated carbocycles. The molecule has 17 heavy (non-hydrogen) atoms. The Morgan fingerprint density at radius 3 is 2.76 bits per heavy atom. The molecular weight excluding hydrogens is 210 g/mol. The summed E-state index contributed by atoms with van der Waals surface area (Å²) in [5.74, 6) is 0.193. The molecule has 1 aliphatic rings. The molecule has 0 amide bonds. The maximum atomic E-state index is 10.5. The largest absolute Gasteiger partial charge is 0.375 e. The molecule has 0 fully saturated rings. The number of nitrogens with zero attached hydrogens (tertiary/aromatic N) is 1. The predicted molar refractivity (Wildman–Crippen MR) is 67.6 cm³/mol. The zero-order chi connectivity index (χ0) is 12.6. The van der Waals surface area contributed by atoms with Crippen molar-refractivity contribution in [2.75, 3.05) is 0 Å². The Morgan fingerprint density at radius 2 is 2.18 bits per heavy atom. The van der Waals surface area contributed by atoms with E-state index in [9.17, 15) is 10.4 Å². The third kappa shape index (κ3) is 1.96. The molecule has 0 radical (unpaired) electrons. The molecule has 2 nitrogen and oxygen atoms in total. The minimum atomic E-state index is -1.20. The van der Waals surface area contributed by atoms with Crippen LogP contribution in [0.15, 0.2) is 18.2 Å². The topological polar surface area (TPSA) is 44.0 Å². The average molecular weight is 229 g/mol. The number of aryl methyl sites for hydroxylation is 2. The lowest BCUT2D eigenvalue weighted by Gasteiger charge is -2.39. The van der Waals surface area contributed by atoms with E-state index in [1.54, 1.807) is 0 Å². The second kappa shape index (κ2) is 4.16. The molecule has 0 spiro atoms. The molecule has 0 aromatic heterocycles. The number of rotatable bonds is 1. The molecule has 2 heteroatoms. The molecule has 90 valence electrons. The quantitative estimate of drug-likeness (QED) is 0.752. The third-order valence-corrected chi connectivity index (χ3v) is 3.78. The number of benzene rings is 1. The highest BCUT2D eigenvalue weighted by Gasteiger charge is 2.43. The maximum Gasteiger partial charge on any atom is 0.158 e. The van der Waals surface area contributed by atoms with Gasteiger partial charge in [-0.3, -0.25) is 0 Å². The number of aliphatic hydroxyl groups is 1. The van der Waals surface area contributed by atoms with Gasteiger partial charge in [0.1, 0.15) is 0 Å². The fourth-order valence-electron chi connectivity index (χ4n) is 3.03. The smallest absolute Gasteiger partial charge is 0.158 e. The van der Waals surface area contributed by atoms with Gasteiger partial charge >= 0.3 is 0 Å². The van der Waals surface area contributed by atoms with Crippen molar-refractivity contribution in [3.63, 3.8) is 0 Å². The molecule has 2 rings (SSSR count). The van der Waals surface area contributed by atoms with Crippen LogP contribution in [0.1, 0.15) is 42.9 Å². The molecule has 2 unspecified atom stereocenters. The SMILES string of the molecule is Cc1ccc2c(c1)CCC(O)(C#N)C2C(C)C. The van der Waals surface area contributed by atoms with Crippen molar-refractivity contribution in [3.05, 3.63) is 34.9 Å². The van der Waals surface area contributed by atoms with Gasteiger partial charge in [0.15, 0.2) is 5.60 Å². The van der Waals surface area contributed by atoms with Gasteiger partial charge in [0, 0.05) is 5.92 Å². The standard InChI is InChI=1S/C15H19NO/c1-10(2)14-13-5-4-11(3)8-12(13)6-7-15(14,17)9-16/h4-5,8,10,14,17H,6-7H2,1-3H3.